The lowest BCUT2D eigenvalue weighted by atomic mass is 10.1. The summed E-state index contributed by atoms with van der Waals surface area (Å²) in [4.78, 5) is 27.1. The first-order valence-corrected chi connectivity index (χ1v) is 8.26. The lowest BCUT2D eigenvalue weighted by Gasteiger charge is -2.18. The molecule has 0 spiro atoms. The van der Waals surface area contributed by atoms with Gasteiger partial charge in [0.1, 0.15) is 0 Å². The summed E-state index contributed by atoms with van der Waals surface area (Å²) in [5.41, 5.74) is 0.669. The van der Waals surface area contributed by atoms with Crippen LogP contribution in [0.5, 0.6) is 0 Å². The average Bonchev–Trinajstić information content (AvgIpc) is 3.15. The van der Waals surface area contributed by atoms with Crippen LogP contribution in [0.25, 0.3) is 0 Å². The molecule has 6 heteroatoms. The Hall–Kier alpha value is -1.85. The van der Waals surface area contributed by atoms with Gasteiger partial charge in [-0.25, -0.2) is 0 Å². The summed E-state index contributed by atoms with van der Waals surface area (Å²) in [5.74, 6) is -0.482. The van der Waals surface area contributed by atoms with Crippen molar-refractivity contribution in [1.82, 2.24) is 5.32 Å². The first-order valence-electron chi connectivity index (χ1n) is 7.00. The van der Waals surface area contributed by atoms with E-state index in [2.05, 4.69) is 5.32 Å². The number of carbonyl (C=O) groups excluding carboxylic acids is 2. The van der Waals surface area contributed by atoms with E-state index in [9.17, 15) is 9.59 Å². The number of nitrogens with one attached hydrogen (secondary N) is 1. The molecule has 1 unspecified atom stereocenters. The molecule has 0 radical (unpaired) electrons. The van der Waals surface area contributed by atoms with Gasteiger partial charge in [-0.1, -0.05) is 29.8 Å². The highest BCUT2D eigenvalue weighted by Gasteiger charge is 2.35. The van der Waals surface area contributed by atoms with Gasteiger partial charge < -0.3 is 10.2 Å². The van der Waals surface area contributed by atoms with Crippen LogP contribution in [0.4, 0.5) is 5.69 Å². The van der Waals surface area contributed by atoms with Crippen molar-refractivity contribution < 1.29 is 9.59 Å². The smallest absolute Gasteiger partial charge is 0.227 e. The minimum Gasteiger partial charge on any atom is -0.351 e. The Kier molecular flexibility index (Phi) is 4.45. The van der Waals surface area contributed by atoms with E-state index in [0.29, 0.717) is 23.8 Å². The van der Waals surface area contributed by atoms with Crippen LogP contribution in [0.1, 0.15) is 11.3 Å². The average molecular weight is 335 g/mol. The zero-order valence-corrected chi connectivity index (χ0v) is 13.4. The molecule has 0 aliphatic carbocycles. The van der Waals surface area contributed by atoms with Gasteiger partial charge in [-0.2, -0.15) is 0 Å². The van der Waals surface area contributed by atoms with Crippen molar-refractivity contribution in [2.45, 2.75) is 13.0 Å². The third-order valence-electron chi connectivity index (χ3n) is 3.66. The number of thiophene rings is 1. The van der Waals surface area contributed by atoms with E-state index in [1.807, 2.05) is 29.6 Å². The van der Waals surface area contributed by atoms with Crippen LogP contribution in [0, 0.1) is 5.92 Å². The van der Waals surface area contributed by atoms with E-state index in [0.717, 1.165) is 4.88 Å². The molecule has 2 heterocycles. The lowest BCUT2D eigenvalue weighted by Crippen LogP contribution is -2.32. The van der Waals surface area contributed by atoms with Crippen molar-refractivity contribution in [1.29, 1.82) is 0 Å². The van der Waals surface area contributed by atoms with E-state index >= 15 is 0 Å². The standard InChI is InChI=1S/C16H15ClN2O2S/c17-13-5-1-2-6-14(13)19-10-11(8-15(19)20)16(21)18-9-12-4-3-7-22-12/h1-7,11H,8-10H2,(H,18,21). The van der Waals surface area contributed by atoms with Gasteiger partial charge >= 0.3 is 0 Å². The molecule has 1 aromatic heterocycles. The van der Waals surface area contributed by atoms with Crippen molar-refractivity contribution in [3.63, 3.8) is 0 Å². The van der Waals surface area contributed by atoms with Crippen molar-refractivity contribution in [2.24, 2.45) is 5.92 Å². The Morgan fingerprint density at radius 1 is 1.32 bits per heavy atom. The minimum absolute atomic E-state index is 0.0654. The first kappa shape index (κ1) is 15.1. The number of rotatable bonds is 4. The molecule has 1 N–H and O–H groups in total. The third kappa shape index (κ3) is 3.15. The van der Waals surface area contributed by atoms with Crippen molar-refractivity contribution in [3.05, 3.63) is 51.7 Å². The van der Waals surface area contributed by atoms with Crippen LogP contribution < -0.4 is 10.2 Å². The Morgan fingerprint density at radius 3 is 2.86 bits per heavy atom. The summed E-state index contributed by atoms with van der Waals surface area (Å²) in [6.07, 6.45) is 0.224. The van der Waals surface area contributed by atoms with Crippen LogP contribution in [-0.2, 0) is 16.1 Å². The van der Waals surface area contributed by atoms with Gasteiger partial charge in [0.05, 0.1) is 23.2 Å². The maximum Gasteiger partial charge on any atom is 0.227 e. The van der Waals surface area contributed by atoms with Crippen LogP contribution in [0.3, 0.4) is 0 Å². The van der Waals surface area contributed by atoms with Crippen LogP contribution >= 0.6 is 22.9 Å². The quantitative estimate of drug-likeness (QED) is 0.934. The fraction of sp³-hybridized carbons (Fsp3) is 0.250. The summed E-state index contributed by atoms with van der Waals surface area (Å²) in [6, 6.07) is 11.1. The Bertz CT molecular complexity index is 687. The van der Waals surface area contributed by atoms with E-state index in [-0.39, 0.29) is 24.2 Å². The van der Waals surface area contributed by atoms with Gasteiger partial charge in [0.15, 0.2) is 0 Å². The first-order chi connectivity index (χ1) is 10.6. The van der Waals surface area contributed by atoms with Gasteiger partial charge in [-0.15, -0.1) is 11.3 Å². The van der Waals surface area contributed by atoms with Crippen molar-refractivity contribution >= 4 is 40.4 Å². The molecule has 22 heavy (non-hydrogen) atoms. The molecule has 1 saturated heterocycles. The van der Waals surface area contributed by atoms with Crippen LogP contribution in [-0.4, -0.2) is 18.4 Å². The van der Waals surface area contributed by atoms with Crippen molar-refractivity contribution in [3.8, 4) is 0 Å². The maximum absolute atomic E-state index is 12.2. The molecule has 1 aliphatic rings. The lowest BCUT2D eigenvalue weighted by molar-refractivity contribution is -0.126. The SMILES string of the molecule is O=C(NCc1cccs1)C1CC(=O)N(c2ccccc2Cl)C1. The second-order valence-electron chi connectivity index (χ2n) is 5.15. The molecule has 0 saturated carbocycles. The number of para-hydroxylation sites is 1. The van der Waals surface area contributed by atoms with Crippen LogP contribution in [0.2, 0.25) is 5.02 Å². The minimum atomic E-state index is -0.330. The van der Waals surface area contributed by atoms with Gasteiger partial charge in [0.2, 0.25) is 11.8 Å². The van der Waals surface area contributed by atoms with Gasteiger partial charge in [0, 0.05) is 17.8 Å². The fourth-order valence-corrected chi connectivity index (χ4v) is 3.40. The Morgan fingerprint density at radius 2 is 2.14 bits per heavy atom. The van der Waals surface area contributed by atoms with Crippen LogP contribution in [0.15, 0.2) is 41.8 Å². The number of hydrogen-bond acceptors (Lipinski definition) is 3. The number of anilines is 1. The normalized spacial score (nSPS) is 17.8. The topological polar surface area (TPSA) is 49.4 Å². The summed E-state index contributed by atoms with van der Waals surface area (Å²) in [7, 11) is 0. The molecule has 1 fully saturated rings. The largest absolute Gasteiger partial charge is 0.351 e. The molecule has 4 nitrogen and oxygen atoms in total. The third-order valence-corrected chi connectivity index (χ3v) is 4.85. The number of carbonyl (C=O) groups is 2. The summed E-state index contributed by atoms with van der Waals surface area (Å²) < 4.78 is 0. The molecule has 1 aromatic carbocycles. The Labute approximate surface area is 137 Å². The van der Waals surface area contributed by atoms with E-state index in [1.54, 1.807) is 28.4 Å². The summed E-state index contributed by atoms with van der Waals surface area (Å²) >= 11 is 7.73. The molecular weight excluding hydrogens is 320 g/mol. The second-order valence-corrected chi connectivity index (χ2v) is 6.59. The molecule has 0 bridgehead atoms. The highest BCUT2D eigenvalue weighted by atomic mass is 35.5. The van der Waals surface area contributed by atoms with Crippen molar-refractivity contribution in [2.75, 3.05) is 11.4 Å². The fourth-order valence-electron chi connectivity index (χ4n) is 2.52. The molecular formula is C16H15ClN2O2S. The van der Waals surface area contributed by atoms with E-state index < -0.39 is 0 Å². The second kappa shape index (κ2) is 6.50. The molecule has 2 aromatic rings. The molecule has 2 amide bonds. The Balaban J connectivity index is 1.64. The number of amides is 2. The summed E-state index contributed by atoms with van der Waals surface area (Å²) in [6.45, 7) is 0.881. The molecule has 114 valence electrons. The maximum atomic E-state index is 12.2. The molecule has 3 rings (SSSR count). The number of halogens is 1. The zero-order chi connectivity index (χ0) is 15.5. The predicted molar refractivity (Wildman–Crippen MR) is 88.1 cm³/mol. The number of nitrogens with zero attached hydrogens (tertiary/aromatic N) is 1. The van der Waals surface area contributed by atoms with E-state index in [1.165, 1.54) is 0 Å². The zero-order valence-electron chi connectivity index (χ0n) is 11.8. The summed E-state index contributed by atoms with van der Waals surface area (Å²) in [5, 5.41) is 5.39. The number of benzene rings is 1. The van der Waals surface area contributed by atoms with Gasteiger partial charge in [-0.3, -0.25) is 9.59 Å². The van der Waals surface area contributed by atoms with Gasteiger partial charge in [-0.05, 0) is 23.6 Å². The van der Waals surface area contributed by atoms with E-state index in [4.69, 9.17) is 11.6 Å². The van der Waals surface area contributed by atoms with Gasteiger partial charge in [0.25, 0.3) is 0 Å². The predicted octanol–water partition coefficient (Wildman–Crippen LogP) is 3.07. The highest BCUT2D eigenvalue weighted by Crippen LogP contribution is 2.31. The highest BCUT2D eigenvalue weighted by molar-refractivity contribution is 7.09. The monoisotopic (exact) mass is 334 g/mol. The molecule has 1 atom stereocenters. The molecule has 1 aliphatic heterocycles. The number of hydrogen-bond donors (Lipinski definition) is 1.